The van der Waals surface area contributed by atoms with Crippen molar-refractivity contribution < 1.29 is 27.5 Å². The third kappa shape index (κ3) is 7.83. The number of carbonyl (C=O) groups excluding carboxylic acids is 3. The summed E-state index contributed by atoms with van der Waals surface area (Å²) in [5, 5.41) is 5.00. The Hall–Kier alpha value is -3.88. The Kier molecular flexibility index (Phi) is 9.05. The van der Waals surface area contributed by atoms with Crippen LogP contribution in [0.2, 0.25) is 0 Å². The van der Waals surface area contributed by atoms with E-state index in [9.17, 15) is 22.8 Å². The van der Waals surface area contributed by atoms with Crippen molar-refractivity contribution in [2.75, 3.05) is 37.9 Å². The van der Waals surface area contributed by atoms with E-state index in [0.717, 1.165) is 11.8 Å². The van der Waals surface area contributed by atoms with Gasteiger partial charge in [-0.1, -0.05) is 42.2 Å². The van der Waals surface area contributed by atoms with E-state index >= 15 is 0 Å². The topological polar surface area (TPSA) is 134 Å². The average molecular weight is 513 g/mol. The fraction of sp³-hybridized carbons (Fsp3) is 0.320. The number of nitrogens with zero attached hydrogens (tertiary/aromatic N) is 1. The molecule has 1 aliphatic heterocycles. The van der Waals surface area contributed by atoms with Crippen molar-refractivity contribution in [2.24, 2.45) is 0 Å². The van der Waals surface area contributed by atoms with Crippen LogP contribution in [-0.2, 0) is 30.8 Å². The Bertz CT molecular complexity index is 1280. The summed E-state index contributed by atoms with van der Waals surface area (Å²) in [5.74, 6) is 4.04. The van der Waals surface area contributed by atoms with Crippen LogP contribution in [0.25, 0.3) is 0 Å². The normalized spacial score (nSPS) is 15.0. The van der Waals surface area contributed by atoms with E-state index < -0.39 is 33.8 Å². The van der Waals surface area contributed by atoms with E-state index in [1.807, 2.05) is 30.3 Å². The number of sulfonamides is 1. The molecule has 0 aliphatic carbocycles. The number of amides is 3. The Morgan fingerprint density at radius 2 is 1.86 bits per heavy atom. The van der Waals surface area contributed by atoms with Gasteiger partial charge in [-0.15, -0.1) is 0 Å². The van der Waals surface area contributed by atoms with Gasteiger partial charge in [0.25, 0.3) is 5.91 Å². The third-order valence-electron chi connectivity index (χ3n) is 5.26. The number of ether oxygens (including phenoxy) is 1. The molecule has 2 aromatic rings. The number of fused-ring (bicyclic) bond motifs is 1. The van der Waals surface area contributed by atoms with Gasteiger partial charge in [-0.3, -0.25) is 14.4 Å². The summed E-state index contributed by atoms with van der Waals surface area (Å²) in [6, 6.07) is 13.5. The number of hydrogen-bond donors (Lipinski definition) is 3. The first-order valence-corrected chi connectivity index (χ1v) is 13.1. The number of rotatable bonds is 7. The maximum Gasteiger partial charge on any atom is 0.310 e. The van der Waals surface area contributed by atoms with Crippen LogP contribution in [0.1, 0.15) is 17.5 Å². The molecule has 3 rings (SSSR count). The van der Waals surface area contributed by atoms with Crippen molar-refractivity contribution in [3.8, 4) is 17.6 Å². The lowest BCUT2D eigenvalue weighted by atomic mass is 10.1. The number of benzene rings is 2. The predicted molar refractivity (Wildman–Crippen MR) is 135 cm³/mol. The lowest BCUT2D eigenvalue weighted by Crippen LogP contribution is -2.53. The summed E-state index contributed by atoms with van der Waals surface area (Å²) in [4.78, 5) is 38.9. The summed E-state index contributed by atoms with van der Waals surface area (Å²) in [6.07, 6.45) is 1.97. The standard InChI is InChI=1S/C25H28N4O6S/c1-29-21-16-19(10-6-7-14-27-36(2,33)34)11-12-22(21)35-17-20(25(29)32)28-24(31)23(30)26-15-13-18-8-4-3-5-9-18/h3-5,8-9,11-12,16,20,27H,7,13-15,17H2,1-2H3,(H,26,30)(H,28,31)/t20-/m0/s1. The molecule has 0 bridgehead atoms. The van der Waals surface area contributed by atoms with Gasteiger partial charge in [0.15, 0.2) is 0 Å². The van der Waals surface area contributed by atoms with E-state index in [-0.39, 0.29) is 19.7 Å². The lowest BCUT2D eigenvalue weighted by molar-refractivity contribution is -0.140. The fourth-order valence-corrected chi connectivity index (χ4v) is 3.89. The summed E-state index contributed by atoms with van der Waals surface area (Å²) < 4.78 is 30.3. The first-order valence-electron chi connectivity index (χ1n) is 11.2. The van der Waals surface area contributed by atoms with Crippen molar-refractivity contribution in [3.05, 3.63) is 59.7 Å². The summed E-state index contributed by atoms with van der Waals surface area (Å²) >= 11 is 0. The van der Waals surface area contributed by atoms with Crippen molar-refractivity contribution >= 4 is 33.4 Å². The summed E-state index contributed by atoms with van der Waals surface area (Å²) in [7, 11) is -1.72. The fourth-order valence-electron chi connectivity index (χ4n) is 3.41. The largest absolute Gasteiger partial charge is 0.489 e. The molecule has 1 aliphatic rings. The Balaban J connectivity index is 1.56. The molecule has 0 spiro atoms. The highest BCUT2D eigenvalue weighted by atomic mass is 32.2. The molecule has 2 aromatic carbocycles. The second-order valence-electron chi connectivity index (χ2n) is 8.13. The first-order chi connectivity index (χ1) is 17.1. The molecular weight excluding hydrogens is 484 g/mol. The van der Waals surface area contributed by atoms with E-state index in [1.165, 1.54) is 4.90 Å². The van der Waals surface area contributed by atoms with Crippen molar-refractivity contribution in [1.82, 2.24) is 15.4 Å². The zero-order chi connectivity index (χ0) is 26.1. The molecule has 190 valence electrons. The zero-order valence-electron chi connectivity index (χ0n) is 20.0. The van der Waals surface area contributed by atoms with Gasteiger partial charge >= 0.3 is 11.8 Å². The summed E-state index contributed by atoms with van der Waals surface area (Å²) in [6.45, 7) is 0.339. The van der Waals surface area contributed by atoms with Crippen molar-refractivity contribution in [2.45, 2.75) is 18.9 Å². The van der Waals surface area contributed by atoms with Crippen LogP contribution in [0.4, 0.5) is 5.69 Å². The van der Waals surface area contributed by atoms with Crippen LogP contribution >= 0.6 is 0 Å². The number of anilines is 1. The molecule has 0 radical (unpaired) electrons. The number of nitrogens with one attached hydrogen (secondary N) is 3. The van der Waals surface area contributed by atoms with Gasteiger partial charge in [-0.2, -0.15) is 0 Å². The quantitative estimate of drug-likeness (QED) is 0.275. The molecule has 0 aromatic heterocycles. The third-order valence-corrected chi connectivity index (χ3v) is 5.98. The van der Waals surface area contributed by atoms with E-state index in [2.05, 4.69) is 27.2 Å². The lowest BCUT2D eigenvalue weighted by Gasteiger charge is -2.20. The number of carbonyl (C=O) groups is 3. The second-order valence-corrected chi connectivity index (χ2v) is 9.96. The minimum atomic E-state index is -3.27. The molecule has 11 heteroatoms. The Labute approximate surface area is 210 Å². The van der Waals surface area contributed by atoms with Gasteiger partial charge in [0.1, 0.15) is 18.4 Å². The highest BCUT2D eigenvalue weighted by Crippen LogP contribution is 2.31. The summed E-state index contributed by atoms with van der Waals surface area (Å²) in [5.41, 5.74) is 2.10. The smallest absolute Gasteiger partial charge is 0.310 e. The van der Waals surface area contributed by atoms with Crippen LogP contribution in [-0.4, -0.2) is 65.2 Å². The van der Waals surface area contributed by atoms with Gasteiger partial charge in [-0.25, -0.2) is 13.1 Å². The van der Waals surface area contributed by atoms with Crippen molar-refractivity contribution in [3.63, 3.8) is 0 Å². The monoisotopic (exact) mass is 512 g/mol. The SMILES string of the molecule is CN1C(=O)[C@@H](NC(=O)C(=O)NCCc2ccccc2)COc2ccc(C#CCCNS(C)(=O)=O)cc21. The maximum atomic E-state index is 13.0. The molecule has 0 saturated carbocycles. The minimum Gasteiger partial charge on any atom is -0.489 e. The van der Waals surface area contributed by atoms with E-state index in [0.29, 0.717) is 29.8 Å². The first kappa shape index (κ1) is 26.7. The Morgan fingerprint density at radius 1 is 1.11 bits per heavy atom. The van der Waals surface area contributed by atoms with Crippen molar-refractivity contribution in [1.29, 1.82) is 0 Å². The van der Waals surface area contributed by atoms with E-state index in [4.69, 9.17) is 4.74 Å². The second kappa shape index (κ2) is 12.2. The minimum absolute atomic E-state index is 0.138. The van der Waals surface area contributed by atoms with Gasteiger partial charge in [0.05, 0.1) is 11.9 Å². The molecule has 3 N–H and O–H groups in total. The average Bonchev–Trinajstić information content (AvgIpc) is 2.95. The predicted octanol–water partition coefficient (Wildman–Crippen LogP) is 0.176. The Morgan fingerprint density at radius 3 is 2.58 bits per heavy atom. The molecule has 0 saturated heterocycles. The van der Waals surface area contributed by atoms with Gasteiger partial charge in [0, 0.05) is 32.1 Å². The molecule has 10 nitrogen and oxygen atoms in total. The van der Waals surface area contributed by atoms with Crippen LogP contribution in [0.15, 0.2) is 48.5 Å². The molecule has 3 amide bonds. The number of likely N-dealkylation sites (N-methyl/N-ethyl adjacent to an activating group) is 1. The number of hydrogen-bond acceptors (Lipinski definition) is 6. The molecule has 1 atom stereocenters. The highest BCUT2D eigenvalue weighted by molar-refractivity contribution is 7.88. The van der Waals surface area contributed by atoms with Crippen LogP contribution in [0.5, 0.6) is 5.75 Å². The molecule has 1 heterocycles. The highest BCUT2D eigenvalue weighted by Gasteiger charge is 2.32. The molecule has 0 unspecified atom stereocenters. The van der Waals surface area contributed by atoms with Crippen LogP contribution in [0.3, 0.4) is 0 Å². The zero-order valence-corrected chi connectivity index (χ0v) is 20.9. The van der Waals surface area contributed by atoms with Gasteiger partial charge < -0.3 is 20.3 Å². The molecule has 36 heavy (non-hydrogen) atoms. The van der Waals surface area contributed by atoms with Gasteiger partial charge in [0.2, 0.25) is 10.0 Å². The van der Waals surface area contributed by atoms with Crippen LogP contribution < -0.4 is 25.0 Å². The molecular formula is C25H28N4O6S. The van der Waals surface area contributed by atoms with Crippen LogP contribution in [0, 0.1) is 11.8 Å². The maximum absolute atomic E-state index is 13.0. The van der Waals surface area contributed by atoms with Gasteiger partial charge in [-0.05, 0) is 30.2 Å². The molecule has 0 fully saturated rings. The van der Waals surface area contributed by atoms with E-state index in [1.54, 1.807) is 25.2 Å².